The summed E-state index contributed by atoms with van der Waals surface area (Å²) in [5, 5.41) is 0. The molecule has 0 aromatic carbocycles. The van der Waals surface area contributed by atoms with E-state index in [0.717, 1.165) is 12.8 Å². The molecular formula is C14H25NO3. The Balaban J connectivity index is 2.54. The largest absolute Gasteiger partial charge is 0.466 e. The topological polar surface area (TPSA) is 46.6 Å². The number of esters is 1. The van der Waals surface area contributed by atoms with Crippen molar-refractivity contribution in [2.24, 2.45) is 5.92 Å². The highest BCUT2D eigenvalue weighted by molar-refractivity contribution is 5.79. The van der Waals surface area contributed by atoms with Gasteiger partial charge in [0.15, 0.2) is 0 Å². The number of amides is 1. The van der Waals surface area contributed by atoms with Crippen LogP contribution in [0.3, 0.4) is 0 Å². The van der Waals surface area contributed by atoms with Crippen LogP contribution in [0.15, 0.2) is 0 Å². The number of hydrogen-bond acceptors (Lipinski definition) is 3. The number of carbonyl (C=O) groups is 2. The summed E-state index contributed by atoms with van der Waals surface area (Å²) in [5.41, 5.74) is 0. The highest BCUT2D eigenvalue weighted by Gasteiger charge is 2.28. The van der Waals surface area contributed by atoms with Gasteiger partial charge in [-0.3, -0.25) is 9.59 Å². The first kappa shape index (κ1) is 15.0. The van der Waals surface area contributed by atoms with Crippen LogP contribution in [0.4, 0.5) is 0 Å². The molecule has 0 atom stereocenters. The van der Waals surface area contributed by atoms with Gasteiger partial charge in [0.25, 0.3) is 0 Å². The molecule has 1 fully saturated rings. The second kappa shape index (κ2) is 7.39. The first-order valence-electron chi connectivity index (χ1n) is 7.02. The maximum absolute atomic E-state index is 12.2. The van der Waals surface area contributed by atoms with Gasteiger partial charge in [0.05, 0.1) is 13.0 Å². The van der Waals surface area contributed by atoms with Crippen molar-refractivity contribution in [1.29, 1.82) is 0 Å². The second-order valence-corrected chi connectivity index (χ2v) is 5.18. The van der Waals surface area contributed by atoms with Crippen LogP contribution >= 0.6 is 0 Å². The van der Waals surface area contributed by atoms with E-state index < -0.39 is 0 Å². The summed E-state index contributed by atoms with van der Waals surface area (Å²) in [6.45, 7) is 6.52. The molecule has 0 aromatic heterocycles. The number of carbonyl (C=O) groups excluding carboxylic acids is 2. The van der Waals surface area contributed by atoms with Gasteiger partial charge in [0, 0.05) is 18.5 Å². The molecule has 1 rings (SSSR count). The number of hydrogen-bond donors (Lipinski definition) is 0. The summed E-state index contributed by atoms with van der Waals surface area (Å²) in [7, 11) is 0. The minimum atomic E-state index is -0.211. The van der Waals surface area contributed by atoms with Crippen molar-refractivity contribution in [3.8, 4) is 0 Å². The highest BCUT2D eigenvalue weighted by Crippen LogP contribution is 2.25. The molecule has 0 radical (unpaired) electrons. The predicted molar refractivity (Wildman–Crippen MR) is 70.1 cm³/mol. The summed E-state index contributed by atoms with van der Waals surface area (Å²) in [6.07, 6.45) is 4.82. The van der Waals surface area contributed by atoms with Gasteiger partial charge in [0.2, 0.25) is 5.91 Å². The van der Waals surface area contributed by atoms with Gasteiger partial charge in [-0.05, 0) is 19.8 Å². The standard InChI is InChI=1S/C14H25NO3/c1-4-18-13(16)9-10-15(14(17)11(2)3)12-7-5-6-8-12/h11-12H,4-10H2,1-3H3. The normalized spacial score (nSPS) is 16.0. The van der Waals surface area contributed by atoms with E-state index in [0.29, 0.717) is 25.6 Å². The summed E-state index contributed by atoms with van der Waals surface area (Å²) in [6, 6.07) is 0.328. The van der Waals surface area contributed by atoms with Crippen molar-refractivity contribution in [3.63, 3.8) is 0 Å². The van der Waals surface area contributed by atoms with Crippen LogP contribution in [0.25, 0.3) is 0 Å². The zero-order chi connectivity index (χ0) is 13.5. The summed E-state index contributed by atoms with van der Waals surface area (Å²) < 4.78 is 4.92. The molecule has 1 amide bonds. The van der Waals surface area contributed by atoms with E-state index in [-0.39, 0.29) is 17.8 Å². The van der Waals surface area contributed by atoms with E-state index in [1.165, 1.54) is 12.8 Å². The fraction of sp³-hybridized carbons (Fsp3) is 0.857. The van der Waals surface area contributed by atoms with Crippen LogP contribution in [0.2, 0.25) is 0 Å². The third kappa shape index (κ3) is 4.31. The molecule has 4 nitrogen and oxygen atoms in total. The van der Waals surface area contributed by atoms with E-state index in [9.17, 15) is 9.59 Å². The molecule has 18 heavy (non-hydrogen) atoms. The number of ether oxygens (including phenoxy) is 1. The zero-order valence-corrected chi connectivity index (χ0v) is 11.8. The van der Waals surface area contributed by atoms with E-state index in [1.807, 2.05) is 18.7 Å². The molecule has 0 spiro atoms. The van der Waals surface area contributed by atoms with Crippen LogP contribution in [0.1, 0.15) is 52.9 Å². The molecule has 1 aliphatic carbocycles. The molecule has 0 bridgehead atoms. The molecule has 0 N–H and O–H groups in total. The molecular weight excluding hydrogens is 230 g/mol. The van der Waals surface area contributed by atoms with Crippen molar-refractivity contribution in [3.05, 3.63) is 0 Å². The van der Waals surface area contributed by atoms with Crippen LogP contribution in [-0.2, 0) is 14.3 Å². The van der Waals surface area contributed by atoms with Crippen molar-refractivity contribution < 1.29 is 14.3 Å². The van der Waals surface area contributed by atoms with Gasteiger partial charge in [-0.2, -0.15) is 0 Å². The van der Waals surface area contributed by atoms with Gasteiger partial charge >= 0.3 is 5.97 Å². The van der Waals surface area contributed by atoms with Gasteiger partial charge in [-0.1, -0.05) is 26.7 Å². The third-order valence-corrected chi connectivity index (χ3v) is 3.40. The van der Waals surface area contributed by atoms with Crippen molar-refractivity contribution in [2.75, 3.05) is 13.2 Å². The lowest BCUT2D eigenvalue weighted by atomic mass is 10.1. The van der Waals surface area contributed by atoms with Crippen molar-refractivity contribution in [2.45, 2.75) is 58.9 Å². The monoisotopic (exact) mass is 255 g/mol. The Morgan fingerprint density at radius 1 is 1.28 bits per heavy atom. The first-order valence-corrected chi connectivity index (χ1v) is 7.02. The molecule has 0 aromatic rings. The first-order chi connectivity index (χ1) is 8.56. The lowest BCUT2D eigenvalue weighted by Gasteiger charge is -2.30. The van der Waals surface area contributed by atoms with Crippen LogP contribution in [-0.4, -0.2) is 36.0 Å². The average molecular weight is 255 g/mol. The van der Waals surface area contributed by atoms with Gasteiger partial charge in [-0.15, -0.1) is 0 Å². The Morgan fingerprint density at radius 2 is 1.89 bits per heavy atom. The Bertz CT molecular complexity index is 283. The third-order valence-electron chi connectivity index (χ3n) is 3.40. The number of rotatable bonds is 6. The Labute approximate surface area is 110 Å². The lowest BCUT2D eigenvalue weighted by molar-refractivity contribution is -0.145. The SMILES string of the molecule is CCOC(=O)CCN(C(=O)C(C)C)C1CCCC1. The Morgan fingerprint density at radius 3 is 2.39 bits per heavy atom. The molecule has 1 aliphatic rings. The molecule has 0 saturated heterocycles. The fourth-order valence-corrected chi connectivity index (χ4v) is 2.47. The van der Waals surface area contributed by atoms with E-state index in [4.69, 9.17) is 4.74 Å². The Kier molecular flexibility index (Phi) is 6.16. The van der Waals surface area contributed by atoms with E-state index >= 15 is 0 Å². The molecule has 1 saturated carbocycles. The maximum atomic E-state index is 12.2. The lowest BCUT2D eigenvalue weighted by Crippen LogP contribution is -2.42. The summed E-state index contributed by atoms with van der Waals surface area (Å²) in [5.74, 6) is -0.0592. The highest BCUT2D eigenvalue weighted by atomic mass is 16.5. The maximum Gasteiger partial charge on any atom is 0.307 e. The quantitative estimate of drug-likeness (QED) is 0.684. The van der Waals surface area contributed by atoms with Gasteiger partial charge in [-0.25, -0.2) is 0 Å². The van der Waals surface area contributed by atoms with Crippen LogP contribution in [0.5, 0.6) is 0 Å². The van der Waals surface area contributed by atoms with Gasteiger partial charge < -0.3 is 9.64 Å². The van der Waals surface area contributed by atoms with E-state index in [2.05, 4.69) is 0 Å². The summed E-state index contributed by atoms with van der Waals surface area (Å²) in [4.78, 5) is 25.5. The molecule has 0 heterocycles. The predicted octanol–water partition coefficient (Wildman–Crippen LogP) is 2.37. The number of nitrogens with zero attached hydrogens (tertiary/aromatic N) is 1. The minimum Gasteiger partial charge on any atom is -0.466 e. The molecule has 0 unspecified atom stereocenters. The van der Waals surface area contributed by atoms with Crippen molar-refractivity contribution >= 4 is 11.9 Å². The van der Waals surface area contributed by atoms with E-state index in [1.54, 1.807) is 6.92 Å². The Hall–Kier alpha value is -1.06. The zero-order valence-electron chi connectivity index (χ0n) is 11.8. The molecule has 104 valence electrons. The molecule has 4 heteroatoms. The fourth-order valence-electron chi connectivity index (χ4n) is 2.47. The second-order valence-electron chi connectivity index (χ2n) is 5.18. The van der Waals surface area contributed by atoms with Crippen molar-refractivity contribution in [1.82, 2.24) is 4.90 Å². The van der Waals surface area contributed by atoms with Crippen LogP contribution < -0.4 is 0 Å². The summed E-state index contributed by atoms with van der Waals surface area (Å²) >= 11 is 0. The smallest absolute Gasteiger partial charge is 0.307 e. The van der Waals surface area contributed by atoms with Gasteiger partial charge in [0.1, 0.15) is 0 Å². The molecule has 0 aliphatic heterocycles. The minimum absolute atomic E-state index is 0.00667. The van der Waals surface area contributed by atoms with Crippen LogP contribution in [0, 0.1) is 5.92 Å². The average Bonchev–Trinajstić information content (AvgIpc) is 2.83.